The van der Waals surface area contributed by atoms with Gasteiger partial charge in [0.1, 0.15) is 12.4 Å². The zero-order valence-corrected chi connectivity index (χ0v) is 23.9. The molecule has 2 aliphatic rings. The molecule has 6 nitrogen and oxygen atoms in total. The predicted octanol–water partition coefficient (Wildman–Crippen LogP) is 7.08. The molecule has 1 aromatic heterocycles. The molecule has 0 saturated heterocycles. The zero-order valence-electron chi connectivity index (χ0n) is 23.1. The van der Waals surface area contributed by atoms with Crippen molar-refractivity contribution in [2.75, 3.05) is 13.1 Å². The third-order valence-electron chi connectivity index (χ3n) is 8.26. The van der Waals surface area contributed by atoms with E-state index in [1.807, 2.05) is 29.5 Å². The van der Waals surface area contributed by atoms with Gasteiger partial charge in [-0.05, 0) is 117 Å². The van der Waals surface area contributed by atoms with Crippen LogP contribution in [0.5, 0.6) is 5.75 Å². The number of hydrogen-bond acceptors (Lipinski definition) is 5. The lowest BCUT2D eigenvalue weighted by Gasteiger charge is -2.36. The molecular weight excluding hydrogens is 522 g/mol. The number of aryl methyl sites for hydroxylation is 3. The van der Waals surface area contributed by atoms with Gasteiger partial charge in [-0.15, -0.1) is 11.3 Å². The number of fused-ring (bicyclic) bond motifs is 2. The van der Waals surface area contributed by atoms with Crippen molar-refractivity contribution in [3.63, 3.8) is 0 Å². The van der Waals surface area contributed by atoms with Crippen molar-refractivity contribution in [1.29, 1.82) is 0 Å². The molecule has 0 saturated carbocycles. The van der Waals surface area contributed by atoms with E-state index in [1.54, 1.807) is 6.07 Å². The molecule has 1 atom stereocenters. The van der Waals surface area contributed by atoms with Crippen molar-refractivity contribution < 1.29 is 24.5 Å². The first-order valence-corrected chi connectivity index (χ1v) is 15.4. The van der Waals surface area contributed by atoms with Gasteiger partial charge in [0.15, 0.2) is 0 Å². The minimum atomic E-state index is -0.894. The Hall–Kier alpha value is -3.16. The van der Waals surface area contributed by atoms with E-state index in [4.69, 9.17) is 9.84 Å². The molecule has 0 radical (unpaired) electrons. The molecule has 1 unspecified atom stereocenters. The van der Waals surface area contributed by atoms with Crippen LogP contribution in [0.2, 0.25) is 0 Å². The fraction of sp³-hybridized carbons (Fsp3) is 0.455. The van der Waals surface area contributed by atoms with E-state index < -0.39 is 11.9 Å². The number of unbranched alkanes of at least 4 members (excludes halogenated alkanes) is 1. The maximum absolute atomic E-state index is 11.5. The Balaban J connectivity index is 1.29. The highest BCUT2D eigenvalue weighted by Crippen LogP contribution is 2.36. The summed E-state index contributed by atoms with van der Waals surface area (Å²) in [4.78, 5) is 27.9. The molecule has 2 aromatic carbocycles. The summed E-state index contributed by atoms with van der Waals surface area (Å²) in [6.45, 7) is 2.23. The standard InChI is InChI=1S/C33H39NO5S/c35-32(36)14-5-6-18-34(29-11-7-10-24-20-26(33(37)38)15-16-28(24)29)19-17-23-8-1-3-12-30(23)39-22-27-21-25-9-2-4-13-31(25)40-27/h1,3,8,12,15-16,20-21,29H,2,4-7,9-11,13-14,17-19,22H2,(H,35,36)(H,37,38). The molecule has 0 amide bonds. The fourth-order valence-corrected chi connectivity index (χ4v) is 7.38. The second-order valence-electron chi connectivity index (χ2n) is 11.0. The number of carboxylic acid groups (broad SMARTS) is 2. The van der Waals surface area contributed by atoms with Crippen molar-refractivity contribution in [3.8, 4) is 5.75 Å². The van der Waals surface area contributed by atoms with Gasteiger partial charge in [-0.2, -0.15) is 0 Å². The first-order chi connectivity index (χ1) is 19.5. The Morgan fingerprint density at radius 3 is 2.58 bits per heavy atom. The molecule has 3 aromatic rings. The molecule has 212 valence electrons. The lowest BCUT2D eigenvalue weighted by molar-refractivity contribution is -0.137. The van der Waals surface area contributed by atoms with Crippen LogP contribution in [0.25, 0.3) is 0 Å². The number of aliphatic carboxylic acids is 1. The van der Waals surface area contributed by atoms with Crippen LogP contribution in [0.4, 0.5) is 0 Å². The highest BCUT2D eigenvalue weighted by Gasteiger charge is 2.27. The van der Waals surface area contributed by atoms with Crippen molar-refractivity contribution in [3.05, 3.63) is 86.1 Å². The van der Waals surface area contributed by atoms with E-state index in [1.165, 1.54) is 52.1 Å². The third kappa shape index (κ3) is 7.12. The minimum Gasteiger partial charge on any atom is -0.488 e. The maximum Gasteiger partial charge on any atom is 0.335 e. The first kappa shape index (κ1) is 28.4. The second kappa shape index (κ2) is 13.5. The molecule has 5 rings (SSSR count). The number of rotatable bonds is 13. The van der Waals surface area contributed by atoms with E-state index in [2.05, 4.69) is 29.2 Å². The molecule has 2 aliphatic carbocycles. The van der Waals surface area contributed by atoms with Crippen LogP contribution in [0.1, 0.15) is 93.4 Å². The summed E-state index contributed by atoms with van der Waals surface area (Å²) in [7, 11) is 0. The third-order valence-corrected chi connectivity index (χ3v) is 9.47. The van der Waals surface area contributed by atoms with Crippen LogP contribution in [-0.4, -0.2) is 40.1 Å². The number of benzene rings is 2. The molecule has 0 fully saturated rings. The summed E-state index contributed by atoms with van der Waals surface area (Å²) < 4.78 is 6.37. The highest BCUT2D eigenvalue weighted by molar-refractivity contribution is 7.12. The molecule has 0 bridgehead atoms. The predicted molar refractivity (Wildman–Crippen MR) is 158 cm³/mol. The van der Waals surface area contributed by atoms with Gasteiger partial charge in [0, 0.05) is 28.8 Å². The lowest BCUT2D eigenvalue weighted by atomic mass is 9.85. The Morgan fingerprint density at radius 1 is 0.925 bits per heavy atom. The Labute approximate surface area is 240 Å². The first-order valence-electron chi connectivity index (χ1n) is 14.6. The summed E-state index contributed by atoms with van der Waals surface area (Å²) in [6, 6.07) is 16.4. The minimum absolute atomic E-state index is 0.180. The van der Waals surface area contributed by atoms with Crippen molar-refractivity contribution in [2.45, 2.75) is 83.3 Å². The number of hydrogen-bond donors (Lipinski definition) is 2. The van der Waals surface area contributed by atoms with E-state index in [0.717, 1.165) is 56.5 Å². The number of carboxylic acids is 2. The van der Waals surface area contributed by atoms with Crippen LogP contribution in [-0.2, 0) is 37.1 Å². The smallest absolute Gasteiger partial charge is 0.335 e. The molecule has 7 heteroatoms. The summed E-state index contributed by atoms with van der Waals surface area (Å²) >= 11 is 1.90. The van der Waals surface area contributed by atoms with Crippen LogP contribution in [0, 0.1) is 0 Å². The number of nitrogens with zero attached hydrogens (tertiary/aromatic N) is 1. The van der Waals surface area contributed by atoms with Crippen molar-refractivity contribution >= 4 is 23.3 Å². The average Bonchev–Trinajstić information content (AvgIpc) is 3.38. The number of aromatic carboxylic acids is 1. The van der Waals surface area contributed by atoms with E-state index >= 15 is 0 Å². The number of carbonyl (C=O) groups is 2. The Morgan fingerprint density at radius 2 is 1.75 bits per heavy atom. The average molecular weight is 562 g/mol. The van der Waals surface area contributed by atoms with Gasteiger partial charge in [0.2, 0.25) is 0 Å². The molecule has 0 spiro atoms. The highest BCUT2D eigenvalue weighted by atomic mass is 32.1. The Kier molecular flexibility index (Phi) is 9.55. The van der Waals surface area contributed by atoms with E-state index in [9.17, 15) is 14.7 Å². The number of ether oxygens (including phenoxy) is 1. The largest absolute Gasteiger partial charge is 0.488 e. The Bertz CT molecular complexity index is 1310. The van der Waals surface area contributed by atoms with Gasteiger partial charge in [-0.1, -0.05) is 24.3 Å². The molecule has 2 N–H and O–H groups in total. The van der Waals surface area contributed by atoms with E-state index in [0.29, 0.717) is 18.6 Å². The van der Waals surface area contributed by atoms with Crippen LogP contribution < -0.4 is 4.74 Å². The van der Waals surface area contributed by atoms with Crippen LogP contribution in [0.3, 0.4) is 0 Å². The SMILES string of the molecule is O=C(O)CCCCN(CCc1ccccc1OCc1cc2c(s1)CCCC2)C1CCCc2cc(C(=O)O)ccc21. The number of para-hydroxylation sites is 1. The zero-order chi connectivity index (χ0) is 27.9. The van der Waals surface area contributed by atoms with Gasteiger partial charge in [-0.25, -0.2) is 4.79 Å². The topological polar surface area (TPSA) is 87.1 Å². The molecule has 40 heavy (non-hydrogen) atoms. The van der Waals surface area contributed by atoms with Gasteiger partial charge in [-0.3, -0.25) is 9.69 Å². The summed E-state index contributed by atoms with van der Waals surface area (Å²) in [6.07, 6.45) is 10.3. The summed E-state index contributed by atoms with van der Waals surface area (Å²) in [5.41, 5.74) is 5.35. The van der Waals surface area contributed by atoms with Gasteiger partial charge in [0.05, 0.1) is 5.56 Å². The van der Waals surface area contributed by atoms with Gasteiger partial charge in [0.25, 0.3) is 0 Å². The van der Waals surface area contributed by atoms with Crippen molar-refractivity contribution in [1.82, 2.24) is 4.90 Å². The van der Waals surface area contributed by atoms with Crippen molar-refractivity contribution in [2.24, 2.45) is 0 Å². The number of thiophene rings is 1. The fourth-order valence-electron chi connectivity index (χ4n) is 6.20. The molecule has 1 heterocycles. The van der Waals surface area contributed by atoms with E-state index in [-0.39, 0.29) is 12.5 Å². The quantitative estimate of drug-likeness (QED) is 0.217. The normalized spacial score (nSPS) is 16.4. The monoisotopic (exact) mass is 561 g/mol. The maximum atomic E-state index is 11.5. The van der Waals surface area contributed by atoms with Gasteiger partial charge < -0.3 is 14.9 Å². The second-order valence-corrected chi connectivity index (χ2v) is 12.2. The molecule has 0 aliphatic heterocycles. The van der Waals surface area contributed by atoms with Gasteiger partial charge >= 0.3 is 11.9 Å². The lowest BCUT2D eigenvalue weighted by Crippen LogP contribution is -2.34. The molecular formula is C33H39NO5S. The van der Waals surface area contributed by atoms with Crippen LogP contribution >= 0.6 is 11.3 Å². The summed E-state index contributed by atoms with van der Waals surface area (Å²) in [5, 5.41) is 18.6. The van der Waals surface area contributed by atoms with Crippen LogP contribution in [0.15, 0.2) is 48.5 Å². The summed E-state index contributed by atoms with van der Waals surface area (Å²) in [5.74, 6) is -0.724.